The molecule has 0 aliphatic carbocycles. The van der Waals surface area contributed by atoms with Gasteiger partial charge in [0.15, 0.2) is 5.82 Å². The van der Waals surface area contributed by atoms with Crippen molar-refractivity contribution in [1.82, 2.24) is 9.78 Å². The summed E-state index contributed by atoms with van der Waals surface area (Å²) in [7, 11) is 0. The van der Waals surface area contributed by atoms with E-state index < -0.39 is 11.9 Å². The average Bonchev–Trinajstić information content (AvgIpc) is 3.19. The third kappa shape index (κ3) is 4.31. The highest BCUT2D eigenvalue weighted by molar-refractivity contribution is 6.31. The number of nitrogens with zero attached hydrogens (tertiary/aromatic N) is 3. The molecule has 36 heavy (non-hydrogen) atoms. The topological polar surface area (TPSA) is 38.1 Å². The second-order valence-electron chi connectivity index (χ2n) is 9.46. The molecule has 1 aliphatic heterocycles. The fraction of sp³-hybridized carbons (Fsp3) is 0.241. The number of anilines is 1. The molecular formula is C29H26Cl2FN3O. The van der Waals surface area contributed by atoms with Crippen molar-refractivity contribution in [2.45, 2.75) is 45.7 Å². The maximum absolute atomic E-state index is 15.4. The number of benzene rings is 3. The van der Waals surface area contributed by atoms with E-state index in [1.165, 1.54) is 6.07 Å². The minimum atomic E-state index is -0.615. The van der Waals surface area contributed by atoms with Gasteiger partial charge in [0, 0.05) is 16.3 Å². The smallest absolute Gasteiger partial charge is 0.234 e. The number of aryl methyl sites for hydroxylation is 1. The van der Waals surface area contributed by atoms with Gasteiger partial charge in [-0.25, -0.2) is 4.39 Å². The summed E-state index contributed by atoms with van der Waals surface area (Å²) in [6.45, 7) is 6.76. The highest BCUT2D eigenvalue weighted by atomic mass is 35.5. The first-order valence-electron chi connectivity index (χ1n) is 11.9. The van der Waals surface area contributed by atoms with Crippen molar-refractivity contribution >= 4 is 34.8 Å². The first kappa shape index (κ1) is 24.5. The van der Waals surface area contributed by atoms with E-state index in [2.05, 4.69) is 26.0 Å². The lowest BCUT2D eigenvalue weighted by atomic mass is 9.85. The zero-order valence-electron chi connectivity index (χ0n) is 20.3. The lowest BCUT2D eigenvalue weighted by molar-refractivity contribution is -0.118. The van der Waals surface area contributed by atoms with Gasteiger partial charge in [0.1, 0.15) is 0 Å². The van der Waals surface area contributed by atoms with Crippen molar-refractivity contribution in [2.75, 3.05) is 4.90 Å². The summed E-state index contributed by atoms with van der Waals surface area (Å²) in [6.07, 6.45) is 0.0753. The van der Waals surface area contributed by atoms with Crippen LogP contribution in [-0.2, 0) is 17.8 Å². The van der Waals surface area contributed by atoms with E-state index in [-0.39, 0.29) is 29.0 Å². The molecule has 1 amide bonds. The summed E-state index contributed by atoms with van der Waals surface area (Å²) in [5.74, 6) is -0.739. The van der Waals surface area contributed by atoms with E-state index in [1.54, 1.807) is 23.1 Å². The van der Waals surface area contributed by atoms with Gasteiger partial charge < -0.3 is 0 Å². The molecule has 4 aromatic rings. The van der Waals surface area contributed by atoms with Crippen molar-refractivity contribution in [3.63, 3.8) is 0 Å². The Balaban J connectivity index is 1.77. The summed E-state index contributed by atoms with van der Waals surface area (Å²) >= 11 is 12.4. The first-order chi connectivity index (χ1) is 17.3. The Morgan fingerprint density at radius 2 is 1.81 bits per heavy atom. The van der Waals surface area contributed by atoms with Gasteiger partial charge in [-0.2, -0.15) is 5.10 Å². The molecule has 4 nitrogen and oxygen atoms in total. The van der Waals surface area contributed by atoms with Crippen LogP contribution in [0.5, 0.6) is 0 Å². The quantitative estimate of drug-likeness (QED) is 0.273. The number of halogens is 3. The Bertz CT molecular complexity index is 1450. The molecule has 5 rings (SSSR count). The summed E-state index contributed by atoms with van der Waals surface area (Å²) in [4.78, 5) is 15.2. The van der Waals surface area contributed by atoms with Crippen molar-refractivity contribution in [1.29, 1.82) is 0 Å². The normalized spacial score (nSPS) is 15.5. The number of hydrogen-bond acceptors (Lipinski definition) is 2. The molecule has 1 aliphatic rings. The van der Waals surface area contributed by atoms with Gasteiger partial charge in [-0.15, -0.1) is 0 Å². The molecule has 0 saturated heterocycles. The molecule has 0 fully saturated rings. The molecule has 7 heteroatoms. The van der Waals surface area contributed by atoms with Crippen LogP contribution in [0, 0.1) is 12.7 Å². The van der Waals surface area contributed by atoms with Crippen LogP contribution in [0.3, 0.4) is 0 Å². The summed E-state index contributed by atoms with van der Waals surface area (Å²) < 4.78 is 17.4. The molecule has 1 atom stereocenters. The number of fused-ring (bicyclic) bond motifs is 1. The summed E-state index contributed by atoms with van der Waals surface area (Å²) in [5.41, 5.74) is 5.72. The molecule has 3 aromatic carbocycles. The molecular weight excluding hydrogens is 496 g/mol. The van der Waals surface area contributed by atoms with Crippen LogP contribution in [-0.4, -0.2) is 15.7 Å². The summed E-state index contributed by atoms with van der Waals surface area (Å²) in [6, 6.07) is 19.9. The zero-order chi connectivity index (χ0) is 25.6. The number of amides is 1. The number of aromatic nitrogens is 2. The van der Waals surface area contributed by atoms with Crippen molar-refractivity contribution in [3.8, 4) is 0 Å². The molecule has 184 valence electrons. The van der Waals surface area contributed by atoms with Gasteiger partial charge in [-0.3, -0.25) is 14.4 Å². The minimum Gasteiger partial charge on any atom is -0.297 e. The van der Waals surface area contributed by atoms with Crippen LogP contribution >= 0.6 is 23.2 Å². The Hall–Kier alpha value is -3.15. The Morgan fingerprint density at radius 1 is 1.06 bits per heavy atom. The van der Waals surface area contributed by atoms with Crippen LogP contribution in [0.1, 0.15) is 59.4 Å². The van der Waals surface area contributed by atoms with Crippen LogP contribution in [0.25, 0.3) is 0 Å². The standard InChI is InChI=1S/C29H26Cl2FN3O/c1-17(2)28-26-23(33-34(28)16-19-8-5-4-6-9-19)15-25(36)35(24-11-7-10-22(31)27(24)32)29(26)21-13-12-20(30)14-18(21)3/h4-14,17,29H,15-16H2,1-3H3/t29-/m1/s1. The highest BCUT2D eigenvalue weighted by Gasteiger charge is 2.41. The molecule has 2 heterocycles. The van der Waals surface area contributed by atoms with Crippen molar-refractivity contribution in [3.05, 3.63) is 116 Å². The molecule has 1 aromatic heterocycles. The van der Waals surface area contributed by atoms with E-state index in [0.717, 1.165) is 33.6 Å². The van der Waals surface area contributed by atoms with Crippen LogP contribution in [0.15, 0.2) is 66.7 Å². The number of carbonyl (C=O) groups is 1. The van der Waals surface area contributed by atoms with Crippen LogP contribution in [0.2, 0.25) is 10.0 Å². The van der Waals surface area contributed by atoms with E-state index in [0.29, 0.717) is 11.6 Å². The molecule has 0 saturated carbocycles. The van der Waals surface area contributed by atoms with Crippen molar-refractivity contribution in [2.24, 2.45) is 0 Å². The molecule has 0 unspecified atom stereocenters. The van der Waals surface area contributed by atoms with E-state index >= 15 is 4.39 Å². The lowest BCUT2D eigenvalue weighted by Crippen LogP contribution is -2.42. The monoisotopic (exact) mass is 521 g/mol. The van der Waals surface area contributed by atoms with E-state index in [4.69, 9.17) is 28.3 Å². The van der Waals surface area contributed by atoms with Crippen LogP contribution < -0.4 is 4.90 Å². The largest absolute Gasteiger partial charge is 0.297 e. The molecule has 0 spiro atoms. The molecule has 0 N–H and O–H groups in total. The average molecular weight is 522 g/mol. The number of carbonyl (C=O) groups excluding carboxylic acids is 1. The van der Waals surface area contributed by atoms with Gasteiger partial charge in [-0.1, -0.05) is 79.5 Å². The maximum atomic E-state index is 15.4. The first-order valence-corrected chi connectivity index (χ1v) is 12.7. The van der Waals surface area contributed by atoms with Gasteiger partial charge >= 0.3 is 0 Å². The fourth-order valence-electron chi connectivity index (χ4n) is 5.15. The predicted molar refractivity (Wildman–Crippen MR) is 142 cm³/mol. The van der Waals surface area contributed by atoms with Gasteiger partial charge in [0.25, 0.3) is 0 Å². The van der Waals surface area contributed by atoms with Gasteiger partial charge in [0.05, 0.1) is 35.4 Å². The Labute approximate surface area is 220 Å². The highest BCUT2D eigenvalue weighted by Crippen LogP contribution is 2.45. The minimum absolute atomic E-state index is 0.0264. The van der Waals surface area contributed by atoms with Crippen molar-refractivity contribution < 1.29 is 9.18 Å². The number of hydrogen-bond donors (Lipinski definition) is 0. The second kappa shape index (κ2) is 9.72. The lowest BCUT2D eigenvalue weighted by Gasteiger charge is -2.37. The third-order valence-corrected chi connectivity index (χ3v) is 7.19. The maximum Gasteiger partial charge on any atom is 0.234 e. The number of rotatable bonds is 5. The SMILES string of the molecule is Cc1cc(Cl)ccc1[C@@H]1c2c(nn(Cc3ccccc3)c2C(C)C)CC(=O)N1c1cccc(Cl)c1F. The van der Waals surface area contributed by atoms with E-state index in [9.17, 15) is 4.79 Å². The zero-order valence-corrected chi connectivity index (χ0v) is 21.8. The fourth-order valence-corrected chi connectivity index (χ4v) is 5.54. The van der Waals surface area contributed by atoms with Gasteiger partial charge in [-0.05, 0) is 53.8 Å². The predicted octanol–water partition coefficient (Wildman–Crippen LogP) is 7.49. The summed E-state index contributed by atoms with van der Waals surface area (Å²) in [5, 5.41) is 5.51. The Morgan fingerprint density at radius 3 is 2.50 bits per heavy atom. The third-order valence-electron chi connectivity index (χ3n) is 6.66. The van der Waals surface area contributed by atoms with E-state index in [1.807, 2.05) is 41.9 Å². The van der Waals surface area contributed by atoms with Gasteiger partial charge in [0.2, 0.25) is 5.91 Å². The Kier molecular flexibility index (Phi) is 6.62. The molecule has 0 bridgehead atoms. The molecule has 0 radical (unpaired) electrons. The second-order valence-corrected chi connectivity index (χ2v) is 10.3. The van der Waals surface area contributed by atoms with Crippen LogP contribution in [0.4, 0.5) is 10.1 Å².